The summed E-state index contributed by atoms with van der Waals surface area (Å²) in [4.78, 5) is 28.0. The van der Waals surface area contributed by atoms with E-state index in [1.54, 1.807) is 18.9 Å². The number of aromatic nitrogens is 2. The molecule has 0 unspecified atom stereocenters. The van der Waals surface area contributed by atoms with E-state index in [1.807, 2.05) is 53.9 Å². The Hall–Kier alpha value is -2.63. The van der Waals surface area contributed by atoms with Gasteiger partial charge in [0.2, 0.25) is 11.8 Å². The average molecular weight is 383 g/mol. The van der Waals surface area contributed by atoms with Crippen LogP contribution in [0.5, 0.6) is 0 Å². The van der Waals surface area contributed by atoms with Crippen molar-refractivity contribution >= 4 is 11.8 Å². The van der Waals surface area contributed by atoms with Crippen LogP contribution in [0.2, 0.25) is 0 Å². The first-order chi connectivity index (χ1) is 13.4. The molecule has 0 saturated carbocycles. The summed E-state index contributed by atoms with van der Waals surface area (Å²) in [6.45, 7) is 5.64. The molecule has 3 rings (SSSR count). The number of carbonyl (C=O) groups is 2. The van der Waals surface area contributed by atoms with Crippen LogP contribution in [0.1, 0.15) is 55.5 Å². The second-order valence-corrected chi connectivity index (χ2v) is 7.79. The molecule has 1 aliphatic rings. The summed E-state index contributed by atoms with van der Waals surface area (Å²) in [5.41, 5.74) is 3.17. The lowest BCUT2D eigenvalue weighted by molar-refractivity contribution is -0.133. The van der Waals surface area contributed by atoms with Gasteiger partial charge >= 0.3 is 0 Å². The van der Waals surface area contributed by atoms with E-state index in [9.17, 15) is 9.59 Å². The zero-order chi connectivity index (χ0) is 20.3. The molecule has 150 valence electrons. The van der Waals surface area contributed by atoms with Crippen LogP contribution in [0, 0.1) is 0 Å². The van der Waals surface area contributed by atoms with Gasteiger partial charge in [0.05, 0.1) is 23.9 Å². The molecule has 2 aromatic rings. The maximum absolute atomic E-state index is 12.9. The molecule has 0 N–H and O–H groups in total. The standard InChI is InChI=1S/C22H30N4O2/c1-16(18-8-6-5-7-9-18)22(28)26-12-10-19(11-13-26)21-14-20(25(4)23-21)15-24(3)17(2)27/h5-9,14,16,19H,10-13,15H2,1-4H3/t16-/m0/s1. The highest BCUT2D eigenvalue weighted by atomic mass is 16.2. The van der Waals surface area contributed by atoms with E-state index in [0.717, 1.165) is 42.9 Å². The summed E-state index contributed by atoms with van der Waals surface area (Å²) in [5, 5.41) is 4.67. The van der Waals surface area contributed by atoms with E-state index < -0.39 is 0 Å². The van der Waals surface area contributed by atoms with Crippen LogP contribution in [0.15, 0.2) is 36.4 Å². The maximum Gasteiger partial charge on any atom is 0.229 e. The Morgan fingerprint density at radius 3 is 2.46 bits per heavy atom. The van der Waals surface area contributed by atoms with Crippen molar-refractivity contribution in [1.29, 1.82) is 0 Å². The smallest absolute Gasteiger partial charge is 0.229 e. The van der Waals surface area contributed by atoms with Crippen molar-refractivity contribution in [3.63, 3.8) is 0 Å². The molecular weight excluding hydrogens is 352 g/mol. The van der Waals surface area contributed by atoms with Crippen molar-refractivity contribution in [2.24, 2.45) is 7.05 Å². The Balaban J connectivity index is 1.59. The first-order valence-corrected chi connectivity index (χ1v) is 9.95. The van der Waals surface area contributed by atoms with Gasteiger partial charge in [-0.25, -0.2) is 0 Å². The molecule has 1 saturated heterocycles. The average Bonchev–Trinajstić information content (AvgIpc) is 3.08. The first kappa shape index (κ1) is 20.1. The fourth-order valence-corrected chi connectivity index (χ4v) is 3.79. The van der Waals surface area contributed by atoms with E-state index in [2.05, 4.69) is 11.2 Å². The third kappa shape index (κ3) is 4.43. The van der Waals surface area contributed by atoms with Crippen molar-refractivity contribution < 1.29 is 9.59 Å². The zero-order valence-corrected chi connectivity index (χ0v) is 17.3. The second-order valence-electron chi connectivity index (χ2n) is 7.79. The van der Waals surface area contributed by atoms with Gasteiger partial charge in [-0.1, -0.05) is 30.3 Å². The quantitative estimate of drug-likeness (QED) is 0.799. The molecule has 28 heavy (non-hydrogen) atoms. The van der Waals surface area contributed by atoms with Crippen LogP contribution >= 0.6 is 0 Å². The summed E-state index contributed by atoms with van der Waals surface area (Å²) >= 11 is 0. The number of rotatable bonds is 5. The molecule has 6 nitrogen and oxygen atoms in total. The van der Waals surface area contributed by atoms with Crippen molar-refractivity contribution in [1.82, 2.24) is 19.6 Å². The van der Waals surface area contributed by atoms with Crippen molar-refractivity contribution in [3.8, 4) is 0 Å². The van der Waals surface area contributed by atoms with Gasteiger partial charge in [-0.3, -0.25) is 14.3 Å². The van der Waals surface area contributed by atoms with E-state index in [-0.39, 0.29) is 17.7 Å². The minimum Gasteiger partial charge on any atom is -0.342 e. The predicted molar refractivity (Wildman–Crippen MR) is 109 cm³/mol. The fraction of sp³-hybridized carbons (Fsp3) is 0.500. The molecule has 2 heterocycles. The lowest BCUT2D eigenvalue weighted by Gasteiger charge is -2.33. The van der Waals surface area contributed by atoms with Crippen LogP contribution in [0.25, 0.3) is 0 Å². The van der Waals surface area contributed by atoms with Crippen LogP contribution in [-0.4, -0.2) is 51.5 Å². The molecule has 0 aliphatic carbocycles. The van der Waals surface area contributed by atoms with Crippen LogP contribution in [-0.2, 0) is 23.2 Å². The summed E-state index contributed by atoms with van der Waals surface area (Å²) < 4.78 is 1.86. The van der Waals surface area contributed by atoms with E-state index >= 15 is 0 Å². The Morgan fingerprint density at radius 1 is 1.21 bits per heavy atom. The number of carbonyl (C=O) groups excluding carboxylic acids is 2. The molecule has 6 heteroatoms. The van der Waals surface area contributed by atoms with E-state index in [0.29, 0.717) is 12.5 Å². The van der Waals surface area contributed by atoms with Crippen LogP contribution in [0.4, 0.5) is 0 Å². The highest BCUT2D eigenvalue weighted by Crippen LogP contribution is 2.29. The summed E-state index contributed by atoms with van der Waals surface area (Å²) in [6.07, 6.45) is 1.85. The van der Waals surface area contributed by atoms with Gasteiger partial charge in [0.15, 0.2) is 0 Å². The molecule has 1 aromatic heterocycles. The first-order valence-electron chi connectivity index (χ1n) is 9.95. The summed E-state index contributed by atoms with van der Waals surface area (Å²) in [6, 6.07) is 12.1. The number of piperidine rings is 1. The Kier molecular flexibility index (Phi) is 6.17. The highest BCUT2D eigenvalue weighted by molar-refractivity contribution is 5.83. The SMILES string of the molecule is CC(=O)N(C)Cc1cc(C2CCN(C(=O)[C@@H](C)c3ccccc3)CC2)nn1C. The molecule has 1 aromatic carbocycles. The second kappa shape index (κ2) is 8.59. The summed E-state index contributed by atoms with van der Waals surface area (Å²) in [7, 11) is 3.72. The molecule has 0 radical (unpaired) electrons. The lowest BCUT2D eigenvalue weighted by Crippen LogP contribution is -2.40. The molecule has 0 spiro atoms. The third-order valence-electron chi connectivity index (χ3n) is 5.83. The normalized spacial score (nSPS) is 16.1. The van der Waals surface area contributed by atoms with Crippen LogP contribution < -0.4 is 0 Å². The number of aryl methyl sites for hydroxylation is 1. The molecule has 2 amide bonds. The third-order valence-corrected chi connectivity index (χ3v) is 5.83. The van der Waals surface area contributed by atoms with Gasteiger partial charge < -0.3 is 9.80 Å². The van der Waals surface area contributed by atoms with Gasteiger partial charge in [0.25, 0.3) is 0 Å². The van der Waals surface area contributed by atoms with Gasteiger partial charge in [-0.05, 0) is 31.4 Å². The number of hydrogen-bond acceptors (Lipinski definition) is 3. The van der Waals surface area contributed by atoms with Crippen molar-refractivity contribution in [2.45, 2.75) is 45.1 Å². The van der Waals surface area contributed by atoms with Gasteiger partial charge in [0, 0.05) is 40.0 Å². The van der Waals surface area contributed by atoms with E-state index in [4.69, 9.17) is 0 Å². The highest BCUT2D eigenvalue weighted by Gasteiger charge is 2.28. The van der Waals surface area contributed by atoms with Crippen molar-refractivity contribution in [2.75, 3.05) is 20.1 Å². The topological polar surface area (TPSA) is 58.4 Å². The Labute approximate surface area is 167 Å². The Bertz CT molecular complexity index is 822. The van der Waals surface area contributed by atoms with E-state index in [1.165, 1.54) is 0 Å². The molecule has 1 aliphatic heterocycles. The maximum atomic E-state index is 12.9. The largest absolute Gasteiger partial charge is 0.342 e. The Morgan fingerprint density at radius 2 is 1.86 bits per heavy atom. The zero-order valence-electron chi connectivity index (χ0n) is 17.3. The fourth-order valence-electron chi connectivity index (χ4n) is 3.79. The molecule has 1 atom stereocenters. The van der Waals surface area contributed by atoms with Gasteiger partial charge in [-0.15, -0.1) is 0 Å². The molecular formula is C22H30N4O2. The number of likely N-dealkylation sites (tertiary alicyclic amines) is 1. The predicted octanol–water partition coefficient (Wildman–Crippen LogP) is 2.91. The minimum atomic E-state index is -0.110. The molecule has 0 bridgehead atoms. The summed E-state index contributed by atoms with van der Waals surface area (Å²) in [5.74, 6) is 0.497. The van der Waals surface area contributed by atoms with Gasteiger partial charge in [0.1, 0.15) is 0 Å². The van der Waals surface area contributed by atoms with Crippen LogP contribution in [0.3, 0.4) is 0 Å². The number of benzene rings is 1. The van der Waals surface area contributed by atoms with Crippen molar-refractivity contribution in [3.05, 3.63) is 53.3 Å². The monoisotopic (exact) mass is 382 g/mol. The number of amides is 2. The lowest BCUT2D eigenvalue weighted by atomic mass is 9.92. The molecule has 1 fully saturated rings. The minimum absolute atomic E-state index is 0.0436. The number of nitrogens with zero attached hydrogens (tertiary/aromatic N) is 4. The van der Waals surface area contributed by atoms with Gasteiger partial charge in [-0.2, -0.15) is 5.10 Å². The number of hydrogen-bond donors (Lipinski definition) is 0.